The molecule has 2 heterocycles. The Hall–Kier alpha value is -2.43. The molecule has 0 saturated heterocycles. The number of nitrogens with zero attached hydrogens (tertiary/aromatic N) is 2. The Bertz CT molecular complexity index is 912. The van der Waals surface area contributed by atoms with Crippen LogP contribution in [0.3, 0.4) is 0 Å². The van der Waals surface area contributed by atoms with Crippen LogP contribution in [-0.4, -0.2) is 34.9 Å². The highest BCUT2D eigenvalue weighted by Crippen LogP contribution is 2.27. The minimum atomic E-state index is -0.178. The summed E-state index contributed by atoms with van der Waals surface area (Å²) in [5, 5.41) is 15.8. The van der Waals surface area contributed by atoms with E-state index >= 15 is 0 Å². The van der Waals surface area contributed by atoms with Gasteiger partial charge in [0.15, 0.2) is 4.34 Å². The number of rotatable bonds is 8. The normalized spacial score (nSPS) is 10.4. The molecule has 3 rings (SSSR count). The number of hydrogen-bond acceptors (Lipinski definition) is 8. The lowest BCUT2D eigenvalue weighted by Crippen LogP contribution is -2.14. The second-order valence-electron chi connectivity index (χ2n) is 5.21. The summed E-state index contributed by atoms with van der Waals surface area (Å²) in [4.78, 5) is 25.1. The Morgan fingerprint density at radius 2 is 1.96 bits per heavy atom. The summed E-state index contributed by atoms with van der Waals surface area (Å²) >= 11 is 4.03. The van der Waals surface area contributed by atoms with E-state index in [-0.39, 0.29) is 17.6 Å². The molecule has 0 aliphatic carbocycles. The number of anilines is 2. The van der Waals surface area contributed by atoms with Crippen LogP contribution in [-0.2, 0) is 16.0 Å². The summed E-state index contributed by atoms with van der Waals surface area (Å²) in [6.07, 6.45) is 0.307. The number of carbonyl (C=O) groups excluding carboxylic acids is 2. The molecule has 3 aromatic rings. The molecule has 0 aliphatic heterocycles. The molecule has 10 heteroatoms. The molecule has 2 N–H and O–H groups in total. The lowest BCUT2D eigenvalue weighted by molar-refractivity contribution is -0.115. The number of ether oxygens (including phenoxy) is 1. The van der Waals surface area contributed by atoms with E-state index in [1.807, 2.05) is 29.6 Å². The van der Waals surface area contributed by atoms with Crippen molar-refractivity contribution in [2.24, 2.45) is 0 Å². The van der Waals surface area contributed by atoms with Gasteiger partial charge in [-0.25, -0.2) is 0 Å². The van der Waals surface area contributed by atoms with Crippen LogP contribution in [0.4, 0.5) is 10.8 Å². The monoisotopic (exact) mass is 420 g/mol. The Kier molecular flexibility index (Phi) is 6.80. The molecule has 0 bridgehead atoms. The first-order valence-electron chi connectivity index (χ1n) is 7.85. The Morgan fingerprint density at radius 1 is 1.11 bits per heavy atom. The fourth-order valence-electron chi connectivity index (χ4n) is 2.11. The molecule has 0 saturated carbocycles. The van der Waals surface area contributed by atoms with Crippen LogP contribution in [0.1, 0.15) is 4.88 Å². The Labute approximate surface area is 168 Å². The molecule has 0 radical (unpaired) electrons. The maximum absolute atomic E-state index is 12.1. The average molecular weight is 421 g/mol. The van der Waals surface area contributed by atoms with Gasteiger partial charge in [-0.05, 0) is 23.6 Å². The van der Waals surface area contributed by atoms with Crippen LogP contribution in [0, 0.1) is 0 Å². The number of amides is 2. The van der Waals surface area contributed by atoms with Gasteiger partial charge in [0, 0.05) is 4.88 Å². The van der Waals surface area contributed by atoms with E-state index in [0.29, 0.717) is 27.3 Å². The summed E-state index contributed by atoms with van der Waals surface area (Å²) in [7, 11) is 1.55. The van der Waals surface area contributed by atoms with Crippen molar-refractivity contribution >= 4 is 57.1 Å². The lowest BCUT2D eigenvalue weighted by atomic mass is 10.3. The van der Waals surface area contributed by atoms with Gasteiger partial charge < -0.3 is 15.4 Å². The standard InChI is InChI=1S/C17H16N4O3S3/c1-24-13-7-3-2-6-12(13)18-15(23)10-26-17-21-20-16(27-17)19-14(22)9-11-5-4-8-25-11/h2-8H,9-10H2,1H3,(H,18,23)(H,19,20,22). The van der Waals surface area contributed by atoms with Crippen molar-refractivity contribution < 1.29 is 14.3 Å². The quantitative estimate of drug-likeness (QED) is 0.428. The zero-order chi connectivity index (χ0) is 19.1. The first-order valence-corrected chi connectivity index (χ1v) is 10.5. The van der Waals surface area contributed by atoms with Crippen molar-refractivity contribution in [2.75, 3.05) is 23.5 Å². The van der Waals surface area contributed by atoms with Gasteiger partial charge in [0.2, 0.25) is 16.9 Å². The van der Waals surface area contributed by atoms with Gasteiger partial charge in [-0.3, -0.25) is 9.59 Å². The van der Waals surface area contributed by atoms with Gasteiger partial charge in [0.25, 0.3) is 0 Å². The molecule has 0 fully saturated rings. The molecule has 27 heavy (non-hydrogen) atoms. The van der Waals surface area contributed by atoms with Crippen LogP contribution in [0.15, 0.2) is 46.1 Å². The average Bonchev–Trinajstić information content (AvgIpc) is 3.32. The fourth-order valence-corrected chi connectivity index (χ4v) is 4.39. The van der Waals surface area contributed by atoms with E-state index in [0.717, 1.165) is 4.88 Å². The molecule has 7 nitrogen and oxygen atoms in total. The third-order valence-electron chi connectivity index (χ3n) is 3.28. The lowest BCUT2D eigenvalue weighted by Gasteiger charge is -2.08. The Morgan fingerprint density at radius 3 is 2.74 bits per heavy atom. The van der Waals surface area contributed by atoms with Gasteiger partial charge >= 0.3 is 0 Å². The molecule has 140 valence electrons. The predicted molar refractivity (Wildman–Crippen MR) is 109 cm³/mol. The van der Waals surface area contributed by atoms with Crippen LogP contribution < -0.4 is 15.4 Å². The number of nitrogens with one attached hydrogen (secondary N) is 2. The van der Waals surface area contributed by atoms with E-state index in [9.17, 15) is 9.59 Å². The number of thioether (sulfide) groups is 1. The summed E-state index contributed by atoms with van der Waals surface area (Å²) < 4.78 is 5.81. The molecular formula is C17H16N4O3S3. The highest BCUT2D eigenvalue weighted by Gasteiger charge is 2.12. The van der Waals surface area contributed by atoms with Crippen molar-refractivity contribution in [3.63, 3.8) is 0 Å². The van der Waals surface area contributed by atoms with E-state index in [4.69, 9.17) is 4.74 Å². The first kappa shape index (κ1) is 19.3. The molecule has 1 aromatic carbocycles. The molecule has 0 unspecified atom stereocenters. The van der Waals surface area contributed by atoms with Crippen molar-refractivity contribution in [3.8, 4) is 5.75 Å². The van der Waals surface area contributed by atoms with Crippen molar-refractivity contribution in [1.82, 2.24) is 10.2 Å². The second-order valence-corrected chi connectivity index (χ2v) is 8.45. The van der Waals surface area contributed by atoms with Crippen molar-refractivity contribution in [2.45, 2.75) is 10.8 Å². The number of hydrogen-bond donors (Lipinski definition) is 2. The fraction of sp³-hybridized carbons (Fsp3) is 0.176. The number of aromatic nitrogens is 2. The van der Waals surface area contributed by atoms with Crippen molar-refractivity contribution in [1.29, 1.82) is 0 Å². The van der Waals surface area contributed by atoms with Crippen LogP contribution in [0.5, 0.6) is 5.75 Å². The van der Waals surface area contributed by atoms with Crippen LogP contribution in [0.2, 0.25) is 0 Å². The van der Waals surface area contributed by atoms with Gasteiger partial charge in [-0.1, -0.05) is 41.3 Å². The third kappa shape index (κ3) is 5.78. The first-order chi connectivity index (χ1) is 13.1. The van der Waals surface area contributed by atoms with Gasteiger partial charge in [0.05, 0.1) is 25.0 Å². The molecular weight excluding hydrogens is 404 g/mol. The molecule has 2 aromatic heterocycles. The highest BCUT2D eigenvalue weighted by atomic mass is 32.2. The number of carbonyl (C=O) groups is 2. The second kappa shape index (κ2) is 9.49. The van der Waals surface area contributed by atoms with Crippen LogP contribution in [0.25, 0.3) is 0 Å². The van der Waals surface area contributed by atoms with Crippen LogP contribution >= 0.6 is 34.4 Å². The highest BCUT2D eigenvalue weighted by molar-refractivity contribution is 8.01. The maximum atomic E-state index is 12.1. The molecule has 0 aliphatic rings. The summed E-state index contributed by atoms with van der Waals surface area (Å²) in [5.41, 5.74) is 0.615. The number of benzene rings is 1. The predicted octanol–water partition coefficient (Wildman–Crippen LogP) is 3.52. The SMILES string of the molecule is COc1ccccc1NC(=O)CSc1nnc(NC(=O)Cc2cccs2)s1. The largest absolute Gasteiger partial charge is 0.495 e. The number of thiophene rings is 1. The molecule has 0 spiro atoms. The summed E-state index contributed by atoms with van der Waals surface area (Å²) in [6, 6.07) is 11.0. The van der Waals surface area contributed by atoms with E-state index in [2.05, 4.69) is 20.8 Å². The van der Waals surface area contributed by atoms with Gasteiger partial charge in [0.1, 0.15) is 5.75 Å². The third-order valence-corrected chi connectivity index (χ3v) is 6.12. The number of methoxy groups -OCH3 is 1. The maximum Gasteiger partial charge on any atom is 0.234 e. The summed E-state index contributed by atoms with van der Waals surface area (Å²) in [6.45, 7) is 0. The zero-order valence-corrected chi connectivity index (χ0v) is 16.7. The smallest absolute Gasteiger partial charge is 0.234 e. The topological polar surface area (TPSA) is 93.2 Å². The van der Waals surface area contributed by atoms with Crippen molar-refractivity contribution in [3.05, 3.63) is 46.7 Å². The Balaban J connectivity index is 1.47. The minimum absolute atomic E-state index is 0.140. The summed E-state index contributed by atoms with van der Waals surface area (Å²) in [5.74, 6) is 0.458. The molecule has 0 atom stereocenters. The minimum Gasteiger partial charge on any atom is -0.495 e. The van der Waals surface area contributed by atoms with E-state index < -0.39 is 0 Å². The van der Waals surface area contributed by atoms with E-state index in [1.165, 1.54) is 34.4 Å². The molecule has 2 amide bonds. The van der Waals surface area contributed by atoms with Gasteiger partial charge in [-0.15, -0.1) is 21.5 Å². The van der Waals surface area contributed by atoms with Gasteiger partial charge in [-0.2, -0.15) is 0 Å². The number of para-hydroxylation sites is 2. The zero-order valence-electron chi connectivity index (χ0n) is 14.3. The van der Waals surface area contributed by atoms with E-state index in [1.54, 1.807) is 19.2 Å².